The molecule has 0 bridgehead atoms. The van der Waals surface area contributed by atoms with E-state index in [2.05, 4.69) is 10.3 Å². The highest BCUT2D eigenvalue weighted by Gasteiger charge is 2.47. The predicted octanol–water partition coefficient (Wildman–Crippen LogP) is 3.51. The highest BCUT2D eigenvalue weighted by molar-refractivity contribution is 7.17. The molecule has 1 saturated heterocycles. The molecule has 1 aromatic carbocycles. The molecule has 148 valence electrons. The molecule has 2 aromatic heterocycles. The van der Waals surface area contributed by atoms with Gasteiger partial charge in [0.25, 0.3) is 11.8 Å². The Kier molecular flexibility index (Phi) is 5.02. The van der Waals surface area contributed by atoms with E-state index >= 15 is 0 Å². The zero-order chi connectivity index (χ0) is 20.6. The van der Waals surface area contributed by atoms with Gasteiger partial charge in [0, 0.05) is 22.1 Å². The summed E-state index contributed by atoms with van der Waals surface area (Å²) in [5.41, 5.74) is 1.03. The van der Waals surface area contributed by atoms with Crippen molar-refractivity contribution >= 4 is 44.6 Å². The van der Waals surface area contributed by atoms with Gasteiger partial charge in [-0.15, -0.1) is 22.7 Å². The highest BCUT2D eigenvalue weighted by atomic mass is 32.1. The van der Waals surface area contributed by atoms with Gasteiger partial charge in [0.2, 0.25) is 5.91 Å². The van der Waals surface area contributed by atoms with Crippen LogP contribution in [0.1, 0.15) is 16.9 Å². The van der Waals surface area contributed by atoms with Crippen molar-refractivity contribution in [2.45, 2.75) is 18.4 Å². The van der Waals surface area contributed by atoms with Crippen LogP contribution in [0, 0.1) is 11.3 Å². The van der Waals surface area contributed by atoms with Crippen LogP contribution in [0.4, 0.5) is 8.78 Å². The molecule has 2 amide bonds. The van der Waals surface area contributed by atoms with E-state index in [1.54, 1.807) is 22.8 Å². The summed E-state index contributed by atoms with van der Waals surface area (Å²) in [7, 11) is 0. The van der Waals surface area contributed by atoms with Gasteiger partial charge >= 0.3 is 0 Å². The quantitative estimate of drug-likeness (QED) is 0.684. The van der Waals surface area contributed by atoms with Crippen LogP contribution in [0.2, 0.25) is 0 Å². The molecule has 0 radical (unpaired) electrons. The molecule has 1 atom stereocenters. The molecule has 1 fully saturated rings. The van der Waals surface area contributed by atoms with E-state index in [0.717, 1.165) is 20.5 Å². The molecule has 1 aliphatic rings. The van der Waals surface area contributed by atoms with Crippen molar-refractivity contribution in [2.24, 2.45) is 0 Å². The number of carbonyl (C=O) groups excluding carboxylic acids is 2. The Balaban J connectivity index is 1.40. The van der Waals surface area contributed by atoms with E-state index in [1.807, 2.05) is 29.6 Å². The summed E-state index contributed by atoms with van der Waals surface area (Å²) < 4.78 is 28.1. The van der Waals surface area contributed by atoms with Crippen molar-refractivity contribution in [3.63, 3.8) is 0 Å². The van der Waals surface area contributed by atoms with E-state index in [9.17, 15) is 18.4 Å². The molecule has 1 aliphatic heterocycles. The maximum Gasteiger partial charge on any atom is 0.271 e. The van der Waals surface area contributed by atoms with Gasteiger partial charge in [-0.1, -0.05) is 6.07 Å². The number of hydrogen-bond acceptors (Lipinski definition) is 6. The van der Waals surface area contributed by atoms with Crippen LogP contribution in [0.3, 0.4) is 0 Å². The molecular formula is C19H14F2N4O2S2. The molecule has 1 N–H and O–H groups in total. The third-order valence-corrected chi connectivity index (χ3v) is 6.36. The molecule has 3 aromatic rings. The number of alkyl halides is 2. The number of nitrogens with one attached hydrogen (secondary N) is 1. The Morgan fingerprint density at radius 2 is 2.17 bits per heavy atom. The number of benzene rings is 1. The molecule has 29 heavy (non-hydrogen) atoms. The maximum absolute atomic E-state index is 13.5. The van der Waals surface area contributed by atoms with Crippen LogP contribution >= 0.6 is 22.7 Å². The Bertz CT molecular complexity index is 1130. The van der Waals surface area contributed by atoms with E-state index in [4.69, 9.17) is 5.26 Å². The fraction of sp³-hybridized carbons (Fsp3) is 0.263. The van der Waals surface area contributed by atoms with E-state index in [1.165, 1.54) is 11.3 Å². The van der Waals surface area contributed by atoms with Crippen LogP contribution in [-0.2, 0) is 4.79 Å². The third-order valence-electron chi connectivity index (χ3n) is 4.58. The van der Waals surface area contributed by atoms with Crippen molar-refractivity contribution < 1.29 is 18.4 Å². The van der Waals surface area contributed by atoms with E-state index in [-0.39, 0.29) is 5.69 Å². The summed E-state index contributed by atoms with van der Waals surface area (Å²) in [6.07, 6.45) is -0.687. The monoisotopic (exact) mass is 432 g/mol. The minimum Gasteiger partial charge on any atom is -0.342 e. The molecule has 3 heterocycles. The van der Waals surface area contributed by atoms with Crippen molar-refractivity contribution in [1.29, 1.82) is 5.26 Å². The Labute approximate surface area is 172 Å². The summed E-state index contributed by atoms with van der Waals surface area (Å²) in [6.45, 7) is -1.29. The van der Waals surface area contributed by atoms with Crippen molar-refractivity contribution in [1.82, 2.24) is 15.2 Å². The smallest absolute Gasteiger partial charge is 0.271 e. The number of hydrogen-bond donors (Lipinski definition) is 1. The van der Waals surface area contributed by atoms with Gasteiger partial charge < -0.3 is 10.2 Å². The fourth-order valence-corrected chi connectivity index (χ4v) is 4.72. The van der Waals surface area contributed by atoms with Crippen molar-refractivity contribution in [3.8, 4) is 16.6 Å². The van der Waals surface area contributed by atoms with Crippen LogP contribution in [-0.4, -0.2) is 46.8 Å². The number of nitrogens with zero attached hydrogens (tertiary/aromatic N) is 3. The first-order chi connectivity index (χ1) is 13.9. The maximum atomic E-state index is 13.5. The molecule has 0 saturated carbocycles. The topological polar surface area (TPSA) is 86.1 Å². The third kappa shape index (κ3) is 3.97. The second kappa shape index (κ2) is 7.50. The zero-order valence-corrected chi connectivity index (χ0v) is 16.5. The standard InChI is InChI=1S/C19H14F2N4O2S2/c20-19(21)6-13(7-22)25(10-19)16(26)8-23-17(27)14-9-29-18(24-14)12-1-2-15-11(5-12)3-4-28-15/h1-5,9,13H,6,8,10H2,(H,23,27)/t13-/m0/s1. The molecule has 0 unspecified atom stereocenters. The first-order valence-electron chi connectivity index (χ1n) is 8.64. The Morgan fingerprint density at radius 3 is 2.97 bits per heavy atom. The number of amides is 2. The number of carbonyl (C=O) groups is 2. The van der Waals surface area contributed by atoms with Gasteiger partial charge in [-0.3, -0.25) is 9.59 Å². The summed E-state index contributed by atoms with van der Waals surface area (Å²) in [4.78, 5) is 29.6. The van der Waals surface area contributed by atoms with Crippen LogP contribution < -0.4 is 5.32 Å². The number of likely N-dealkylation sites (tertiary alicyclic amines) is 1. The van der Waals surface area contributed by atoms with Gasteiger partial charge in [-0.2, -0.15) is 5.26 Å². The molecule has 10 heteroatoms. The predicted molar refractivity (Wildman–Crippen MR) is 106 cm³/mol. The fourth-order valence-electron chi connectivity index (χ4n) is 3.15. The molecular weight excluding hydrogens is 418 g/mol. The van der Waals surface area contributed by atoms with Gasteiger partial charge in [0.05, 0.1) is 19.2 Å². The van der Waals surface area contributed by atoms with Crippen LogP contribution in [0.5, 0.6) is 0 Å². The number of aromatic nitrogens is 1. The first-order valence-corrected chi connectivity index (χ1v) is 10.4. The lowest BCUT2D eigenvalue weighted by Gasteiger charge is -2.19. The normalized spacial score (nSPS) is 18.0. The minimum absolute atomic E-state index is 0.145. The second-order valence-corrected chi connectivity index (χ2v) is 8.43. The van der Waals surface area contributed by atoms with Gasteiger partial charge in [-0.25, -0.2) is 13.8 Å². The molecule has 0 spiro atoms. The molecule has 4 rings (SSSR count). The summed E-state index contributed by atoms with van der Waals surface area (Å²) in [6, 6.07) is 8.44. The lowest BCUT2D eigenvalue weighted by molar-refractivity contribution is -0.131. The van der Waals surface area contributed by atoms with E-state index < -0.39 is 43.3 Å². The van der Waals surface area contributed by atoms with Crippen molar-refractivity contribution in [2.75, 3.05) is 13.1 Å². The van der Waals surface area contributed by atoms with Crippen molar-refractivity contribution in [3.05, 3.63) is 40.7 Å². The number of halogens is 2. The minimum atomic E-state index is -3.09. The van der Waals surface area contributed by atoms with Crippen LogP contribution in [0.25, 0.3) is 20.7 Å². The number of nitriles is 1. The molecule has 0 aliphatic carbocycles. The number of thiophene rings is 1. The first kappa shape index (κ1) is 19.4. The second-order valence-electron chi connectivity index (χ2n) is 6.62. The molecule has 6 nitrogen and oxygen atoms in total. The van der Waals surface area contributed by atoms with Crippen LogP contribution in [0.15, 0.2) is 35.0 Å². The largest absolute Gasteiger partial charge is 0.342 e. The SMILES string of the molecule is N#C[C@@H]1CC(F)(F)CN1C(=O)CNC(=O)c1csc(-c2ccc3sccc3c2)n1. The van der Waals surface area contributed by atoms with Gasteiger partial charge in [0.15, 0.2) is 0 Å². The average molecular weight is 432 g/mol. The lowest BCUT2D eigenvalue weighted by Crippen LogP contribution is -2.43. The summed E-state index contributed by atoms with van der Waals surface area (Å²) in [5, 5.41) is 16.7. The lowest BCUT2D eigenvalue weighted by atomic mass is 10.2. The summed E-state index contributed by atoms with van der Waals surface area (Å²) in [5.74, 6) is -4.38. The Hall–Kier alpha value is -2.90. The number of fused-ring (bicyclic) bond motifs is 1. The average Bonchev–Trinajstić information content (AvgIpc) is 3.42. The van der Waals surface area contributed by atoms with Gasteiger partial charge in [-0.05, 0) is 29.0 Å². The highest BCUT2D eigenvalue weighted by Crippen LogP contribution is 2.32. The zero-order valence-electron chi connectivity index (χ0n) is 14.9. The number of thiazole rings is 1. The van der Waals surface area contributed by atoms with E-state index in [0.29, 0.717) is 5.01 Å². The van der Waals surface area contributed by atoms with Gasteiger partial charge in [0.1, 0.15) is 16.7 Å². The number of rotatable bonds is 4. The Morgan fingerprint density at radius 1 is 1.34 bits per heavy atom. The summed E-state index contributed by atoms with van der Waals surface area (Å²) >= 11 is 2.94.